The first-order valence-corrected chi connectivity index (χ1v) is 5.64. The van der Waals surface area contributed by atoms with Gasteiger partial charge in [-0.2, -0.15) is 0 Å². The molecule has 0 aromatic carbocycles. The van der Waals surface area contributed by atoms with E-state index >= 15 is 0 Å². The zero-order chi connectivity index (χ0) is 11.5. The van der Waals surface area contributed by atoms with Crippen LogP contribution in [-0.4, -0.2) is 25.9 Å². The van der Waals surface area contributed by atoms with E-state index in [9.17, 15) is 4.79 Å². The average Bonchev–Trinajstić information content (AvgIpc) is 2.24. The van der Waals surface area contributed by atoms with Gasteiger partial charge in [0.1, 0.15) is 0 Å². The number of hydrogen-bond acceptors (Lipinski definition) is 4. The van der Waals surface area contributed by atoms with Crippen LogP contribution in [0.4, 0.5) is 0 Å². The highest BCUT2D eigenvalue weighted by atomic mass is 16.5. The predicted octanol–water partition coefficient (Wildman–Crippen LogP) is 1.68. The van der Waals surface area contributed by atoms with Gasteiger partial charge < -0.3 is 15.2 Å². The molecule has 4 heteroatoms. The lowest BCUT2D eigenvalue weighted by atomic mass is 10.0. The maximum absolute atomic E-state index is 11.1. The van der Waals surface area contributed by atoms with Crippen LogP contribution in [0.5, 0.6) is 0 Å². The normalized spacial score (nSPS) is 12.5. The summed E-state index contributed by atoms with van der Waals surface area (Å²) < 4.78 is 9.87. The Morgan fingerprint density at radius 2 is 2.13 bits per heavy atom. The summed E-state index contributed by atoms with van der Waals surface area (Å²) in [5.41, 5.74) is 5.11. The molecule has 1 atom stereocenters. The number of carbonyl (C=O) groups is 1. The van der Waals surface area contributed by atoms with Crippen LogP contribution in [0.3, 0.4) is 0 Å². The highest BCUT2D eigenvalue weighted by Crippen LogP contribution is 2.08. The molecule has 0 radical (unpaired) electrons. The number of nitrogens with two attached hydrogens (primary N) is 1. The monoisotopic (exact) mass is 217 g/mol. The molecule has 0 spiro atoms. The Labute approximate surface area is 92.1 Å². The quantitative estimate of drug-likeness (QED) is 0.362. The van der Waals surface area contributed by atoms with Crippen molar-refractivity contribution in [2.45, 2.75) is 39.5 Å². The second-order valence-corrected chi connectivity index (χ2v) is 3.70. The Kier molecular flexibility index (Phi) is 9.52. The van der Waals surface area contributed by atoms with Gasteiger partial charge in [0.05, 0.1) is 26.4 Å². The van der Waals surface area contributed by atoms with E-state index in [4.69, 9.17) is 15.2 Å². The second kappa shape index (κ2) is 9.93. The van der Waals surface area contributed by atoms with E-state index in [0.717, 1.165) is 12.8 Å². The fraction of sp³-hybridized carbons (Fsp3) is 0.909. The minimum atomic E-state index is -0.201. The molecule has 0 aromatic heterocycles. The van der Waals surface area contributed by atoms with Crippen molar-refractivity contribution in [2.24, 2.45) is 11.7 Å². The molecule has 0 saturated carbocycles. The molecular weight excluding hydrogens is 194 g/mol. The first kappa shape index (κ1) is 14.4. The summed E-state index contributed by atoms with van der Waals surface area (Å²) in [5.74, 6) is 0.511. The predicted molar refractivity (Wildman–Crippen MR) is 59.3 cm³/mol. The molecule has 15 heavy (non-hydrogen) atoms. The molecule has 0 aliphatic heterocycles. The van der Waals surface area contributed by atoms with E-state index in [1.165, 1.54) is 6.42 Å². The molecule has 0 bridgehead atoms. The highest BCUT2D eigenvalue weighted by molar-refractivity contribution is 5.69. The number of esters is 1. The van der Waals surface area contributed by atoms with Crippen molar-refractivity contribution >= 4 is 5.97 Å². The van der Waals surface area contributed by atoms with E-state index in [1.54, 1.807) is 0 Å². The molecule has 0 aromatic rings. The molecule has 1 unspecified atom stereocenters. The Bertz CT molecular complexity index is 162. The first-order chi connectivity index (χ1) is 7.20. The first-order valence-electron chi connectivity index (χ1n) is 5.64. The molecule has 0 aliphatic rings. The molecule has 0 rings (SSSR count). The van der Waals surface area contributed by atoms with Crippen molar-refractivity contribution in [3.05, 3.63) is 0 Å². The SMILES string of the molecule is CCC(C)CCCOC(=O)CCOCN. The van der Waals surface area contributed by atoms with Crippen molar-refractivity contribution in [1.82, 2.24) is 0 Å². The standard InChI is InChI=1S/C11H23NO3/c1-3-10(2)5-4-7-15-11(13)6-8-14-9-12/h10H,3-9,12H2,1-2H3. The molecule has 0 fully saturated rings. The van der Waals surface area contributed by atoms with E-state index in [1.807, 2.05) is 0 Å². The summed E-state index contributed by atoms with van der Waals surface area (Å²) in [4.78, 5) is 11.1. The van der Waals surface area contributed by atoms with E-state index < -0.39 is 0 Å². The summed E-state index contributed by atoms with van der Waals surface area (Å²) in [6.45, 7) is 5.39. The number of rotatable bonds is 9. The summed E-state index contributed by atoms with van der Waals surface area (Å²) in [6, 6.07) is 0. The number of ether oxygens (including phenoxy) is 2. The molecule has 2 N–H and O–H groups in total. The Hall–Kier alpha value is -0.610. The van der Waals surface area contributed by atoms with Gasteiger partial charge >= 0.3 is 5.97 Å². The fourth-order valence-electron chi connectivity index (χ4n) is 1.13. The zero-order valence-corrected chi connectivity index (χ0v) is 9.83. The zero-order valence-electron chi connectivity index (χ0n) is 9.83. The minimum absolute atomic E-state index is 0.154. The van der Waals surface area contributed by atoms with Crippen molar-refractivity contribution in [3.63, 3.8) is 0 Å². The molecular formula is C11H23NO3. The molecule has 0 amide bonds. The van der Waals surface area contributed by atoms with Crippen molar-refractivity contribution < 1.29 is 14.3 Å². The van der Waals surface area contributed by atoms with Gasteiger partial charge in [-0.05, 0) is 18.8 Å². The van der Waals surface area contributed by atoms with Crippen LogP contribution < -0.4 is 5.73 Å². The smallest absolute Gasteiger partial charge is 0.308 e. The Morgan fingerprint density at radius 1 is 1.40 bits per heavy atom. The summed E-state index contributed by atoms with van der Waals surface area (Å²) in [7, 11) is 0. The van der Waals surface area contributed by atoms with Gasteiger partial charge in [-0.25, -0.2) is 0 Å². The van der Waals surface area contributed by atoms with Crippen LogP contribution >= 0.6 is 0 Å². The van der Waals surface area contributed by atoms with E-state index in [-0.39, 0.29) is 12.7 Å². The third kappa shape index (κ3) is 9.69. The van der Waals surface area contributed by atoms with Crippen LogP contribution in [0.2, 0.25) is 0 Å². The fourth-order valence-corrected chi connectivity index (χ4v) is 1.13. The van der Waals surface area contributed by atoms with Gasteiger partial charge in [-0.15, -0.1) is 0 Å². The van der Waals surface area contributed by atoms with Crippen LogP contribution in [0.1, 0.15) is 39.5 Å². The van der Waals surface area contributed by atoms with E-state index in [0.29, 0.717) is 25.6 Å². The van der Waals surface area contributed by atoms with E-state index in [2.05, 4.69) is 13.8 Å². The third-order valence-electron chi connectivity index (χ3n) is 2.37. The average molecular weight is 217 g/mol. The molecule has 0 saturated heterocycles. The topological polar surface area (TPSA) is 61.5 Å². The van der Waals surface area contributed by atoms with Gasteiger partial charge in [0.2, 0.25) is 0 Å². The van der Waals surface area contributed by atoms with Crippen LogP contribution in [0.25, 0.3) is 0 Å². The summed E-state index contributed by atoms with van der Waals surface area (Å²) in [6.07, 6.45) is 3.53. The van der Waals surface area contributed by atoms with Gasteiger partial charge in [0, 0.05) is 0 Å². The lowest BCUT2D eigenvalue weighted by Gasteiger charge is -2.08. The van der Waals surface area contributed by atoms with Crippen molar-refractivity contribution in [2.75, 3.05) is 19.9 Å². The molecule has 4 nitrogen and oxygen atoms in total. The van der Waals surface area contributed by atoms with Crippen LogP contribution in [0.15, 0.2) is 0 Å². The van der Waals surface area contributed by atoms with Gasteiger partial charge in [0.25, 0.3) is 0 Å². The van der Waals surface area contributed by atoms with Crippen molar-refractivity contribution in [3.8, 4) is 0 Å². The maximum Gasteiger partial charge on any atom is 0.308 e. The van der Waals surface area contributed by atoms with Crippen LogP contribution in [0, 0.1) is 5.92 Å². The highest BCUT2D eigenvalue weighted by Gasteiger charge is 2.03. The van der Waals surface area contributed by atoms with Gasteiger partial charge in [-0.1, -0.05) is 20.3 Å². The second-order valence-electron chi connectivity index (χ2n) is 3.70. The molecule has 0 aliphatic carbocycles. The van der Waals surface area contributed by atoms with Crippen molar-refractivity contribution in [1.29, 1.82) is 0 Å². The van der Waals surface area contributed by atoms with Crippen LogP contribution in [-0.2, 0) is 14.3 Å². The van der Waals surface area contributed by atoms with Gasteiger partial charge in [-0.3, -0.25) is 4.79 Å². The lowest BCUT2D eigenvalue weighted by Crippen LogP contribution is -2.12. The summed E-state index contributed by atoms with van der Waals surface area (Å²) in [5, 5.41) is 0. The number of carbonyl (C=O) groups excluding carboxylic acids is 1. The molecule has 90 valence electrons. The largest absolute Gasteiger partial charge is 0.466 e. The minimum Gasteiger partial charge on any atom is -0.466 e. The molecule has 0 heterocycles. The lowest BCUT2D eigenvalue weighted by molar-refractivity contribution is -0.145. The number of hydrogen-bond donors (Lipinski definition) is 1. The summed E-state index contributed by atoms with van der Waals surface area (Å²) >= 11 is 0. The maximum atomic E-state index is 11.1. The Morgan fingerprint density at radius 3 is 2.73 bits per heavy atom. The third-order valence-corrected chi connectivity index (χ3v) is 2.37. The van der Waals surface area contributed by atoms with Gasteiger partial charge in [0.15, 0.2) is 0 Å². The Balaban J connectivity index is 3.23.